The van der Waals surface area contributed by atoms with Crippen LogP contribution in [0.3, 0.4) is 0 Å². The highest BCUT2D eigenvalue weighted by Crippen LogP contribution is 2.29. The minimum atomic E-state index is -4.48. The topological polar surface area (TPSA) is 37.8 Å². The SMILES string of the molecule is Cc1cc(C(C)(C)C)ccc1Nc1nccc(C(F)(F)F)n1. The number of hydrogen-bond donors (Lipinski definition) is 1. The molecule has 0 radical (unpaired) electrons. The summed E-state index contributed by atoms with van der Waals surface area (Å²) in [5.41, 5.74) is 1.81. The lowest BCUT2D eigenvalue weighted by Gasteiger charge is -2.20. The van der Waals surface area contributed by atoms with Crippen molar-refractivity contribution in [3.63, 3.8) is 0 Å². The average molecular weight is 309 g/mol. The van der Waals surface area contributed by atoms with E-state index in [1.807, 2.05) is 25.1 Å². The van der Waals surface area contributed by atoms with Gasteiger partial charge in [-0.15, -0.1) is 0 Å². The second-order valence-electron chi connectivity index (χ2n) is 6.17. The smallest absolute Gasteiger partial charge is 0.324 e. The molecule has 0 saturated carbocycles. The van der Waals surface area contributed by atoms with Gasteiger partial charge in [-0.3, -0.25) is 0 Å². The quantitative estimate of drug-likeness (QED) is 0.862. The van der Waals surface area contributed by atoms with Crippen LogP contribution in [-0.4, -0.2) is 9.97 Å². The van der Waals surface area contributed by atoms with Crippen molar-refractivity contribution in [1.29, 1.82) is 0 Å². The number of aryl methyl sites for hydroxylation is 1. The van der Waals surface area contributed by atoms with E-state index < -0.39 is 11.9 Å². The lowest BCUT2D eigenvalue weighted by Crippen LogP contribution is -2.12. The molecule has 1 aromatic carbocycles. The Balaban J connectivity index is 2.28. The number of aromatic nitrogens is 2. The molecular weight excluding hydrogens is 291 g/mol. The van der Waals surface area contributed by atoms with E-state index in [1.54, 1.807) is 0 Å². The van der Waals surface area contributed by atoms with Gasteiger partial charge < -0.3 is 5.32 Å². The van der Waals surface area contributed by atoms with Gasteiger partial charge in [0.25, 0.3) is 0 Å². The minimum absolute atomic E-state index is 0.00991. The van der Waals surface area contributed by atoms with Crippen LogP contribution in [0.5, 0.6) is 0 Å². The fourth-order valence-electron chi connectivity index (χ4n) is 1.97. The Labute approximate surface area is 127 Å². The number of nitrogens with one attached hydrogen (secondary N) is 1. The summed E-state index contributed by atoms with van der Waals surface area (Å²) in [6.45, 7) is 8.20. The molecule has 0 aliphatic carbocycles. The molecule has 0 bridgehead atoms. The summed E-state index contributed by atoms with van der Waals surface area (Å²) in [6, 6.07) is 6.64. The molecule has 0 amide bonds. The van der Waals surface area contributed by atoms with Crippen molar-refractivity contribution in [3.05, 3.63) is 47.3 Å². The van der Waals surface area contributed by atoms with Gasteiger partial charge in [-0.25, -0.2) is 9.97 Å². The highest BCUT2D eigenvalue weighted by Gasteiger charge is 2.32. The van der Waals surface area contributed by atoms with Crippen LogP contribution in [0, 0.1) is 6.92 Å². The number of nitrogens with zero attached hydrogens (tertiary/aromatic N) is 2. The number of anilines is 2. The monoisotopic (exact) mass is 309 g/mol. The van der Waals surface area contributed by atoms with E-state index in [0.29, 0.717) is 5.69 Å². The number of benzene rings is 1. The summed E-state index contributed by atoms with van der Waals surface area (Å²) in [4.78, 5) is 7.34. The third-order valence-corrected chi connectivity index (χ3v) is 3.28. The van der Waals surface area contributed by atoms with E-state index in [0.717, 1.165) is 23.4 Å². The molecule has 0 spiro atoms. The molecule has 2 aromatic rings. The summed E-state index contributed by atoms with van der Waals surface area (Å²) < 4.78 is 38.0. The van der Waals surface area contributed by atoms with Crippen LogP contribution in [0.25, 0.3) is 0 Å². The van der Waals surface area contributed by atoms with Gasteiger partial charge in [0.2, 0.25) is 5.95 Å². The molecular formula is C16H18F3N3. The van der Waals surface area contributed by atoms with Gasteiger partial charge in [0.05, 0.1) is 0 Å². The zero-order valence-corrected chi connectivity index (χ0v) is 12.9. The molecule has 0 aliphatic rings. The summed E-state index contributed by atoms with van der Waals surface area (Å²) in [6.07, 6.45) is -3.39. The van der Waals surface area contributed by atoms with Crippen molar-refractivity contribution in [1.82, 2.24) is 9.97 Å². The predicted octanol–water partition coefficient (Wildman–Crippen LogP) is 4.84. The predicted molar refractivity (Wildman–Crippen MR) is 80.2 cm³/mol. The summed E-state index contributed by atoms with van der Waals surface area (Å²) in [5, 5.41) is 2.84. The van der Waals surface area contributed by atoms with Crippen LogP contribution < -0.4 is 5.32 Å². The maximum Gasteiger partial charge on any atom is 0.433 e. The summed E-state index contributed by atoms with van der Waals surface area (Å²) in [7, 11) is 0. The second-order valence-corrected chi connectivity index (χ2v) is 6.17. The standard InChI is InChI=1S/C16H18F3N3/c1-10-9-11(15(2,3)4)5-6-12(10)21-14-20-8-7-13(22-14)16(17,18)19/h5-9H,1-4H3,(H,20,21,22). The molecule has 0 fully saturated rings. The highest BCUT2D eigenvalue weighted by atomic mass is 19.4. The molecule has 0 unspecified atom stereocenters. The van der Waals surface area contributed by atoms with Crippen molar-refractivity contribution in [2.24, 2.45) is 0 Å². The van der Waals surface area contributed by atoms with Crippen molar-refractivity contribution >= 4 is 11.6 Å². The van der Waals surface area contributed by atoms with E-state index in [9.17, 15) is 13.2 Å². The van der Waals surface area contributed by atoms with Gasteiger partial charge in [0, 0.05) is 11.9 Å². The first-order valence-corrected chi connectivity index (χ1v) is 6.86. The fourth-order valence-corrected chi connectivity index (χ4v) is 1.97. The van der Waals surface area contributed by atoms with Gasteiger partial charge in [0.1, 0.15) is 5.69 Å². The Morgan fingerprint density at radius 2 is 1.73 bits per heavy atom. The first-order valence-electron chi connectivity index (χ1n) is 6.86. The van der Waals surface area contributed by atoms with Gasteiger partial charge >= 0.3 is 6.18 Å². The molecule has 0 aliphatic heterocycles. The van der Waals surface area contributed by atoms with Gasteiger partial charge in [-0.1, -0.05) is 32.9 Å². The van der Waals surface area contributed by atoms with Crippen LogP contribution in [0.4, 0.5) is 24.8 Å². The molecule has 2 rings (SSSR count). The minimum Gasteiger partial charge on any atom is -0.324 e. The number of alkyl halides is 3. The number of halogens is 3. The molecule has 1 aromatic heterocycles. The Morgan fingerprint density at radius 1 is 1.05 bits per heavy atom. The molecule has 1 N–H and O–H groups in total. The van der Waals surface area contributed by atoms with Crippen LogP contribution in [0.2, 0.25) is 0 Å². The van der Waals surface area contributed by atoms with Crippen LogP contribution >= 0.6 is 0 Å². The second kappa shape index (κ2) is 5.59. The molecule has 118 valence electrons. The lowest BCUT2D eigenvalue weighted by atomic mass is 9.86. The largest absolute Gasteiger partial charge is 0.433 e. The van der Waals surface area contributed by atoms with E-state index in [4.69, 9.17) is 0 Å². The van der Waals surface area contributed by atoms with Crippen LogP contribution in [0.15, 0.2) is 30.5 Å². The van der Waals surface area contributed by atoms with Gasteiger partial charge in [-0.05, 0) is 35.6 Å². The van der Waals surface area contributed by atoms with E-state index in [-0.39, 0.29) is 11.4 Å². The Hall–Kier alpha value is -2.11. The first-order chi connectivity index (χ1) is 10.1. The van der Waals surface area contributed by atoms with Crippen LogP contribution in [0.1, 0.15) is 37.6 Å². The maximum atomic E-state index is 12.7. The van der Waals surface area contributed by atoms with Crippen molar-refractivity contribution in [2.45, 2.75) is 39.3 Å². The van der Waals surface area contributed by atoms with Crippen molar-refractivity contribution in [2.75, 3.05) is 5.32 Å². The highest BCUT2D eigenvalue weighted by molar-refractivity contribution is 5.59. The lowest BCUT2D eigenvalue weighted by molar-refractivity contribution is -0.141. The molecule has 0 atom stereocenters. The first kappa shape index (κ1) is 16.3. The molecule has 6 heteroatoms. The van der Waals surface area contributed by atoms with Crippen molar-refractivity contribution in [3.8, 4) is 0 Å². The zero-order chi connectivity index (χ0) is 16.5. The Kier molecular flexibility index (Phi) is 4.13. The Morgan fingerprint density at radius 3 is 2.27 bits per heavy atom. The maximum absolute atomic E-state index is 12.7. The van der Waals surface area contributed by atoms with E-state index in [1.165, 1.54) is 0 Å². The van der Waals surface area contributed by atoms with E-state index >= 15 is 0 Å². The van der Waals surface area contributed by atoms with E-state index in [2.05, 4.69) is 36.1 Å². The third kappa shape index (κ3) is 3.75. The van der Waals surface area contributed by atoms with Crippen LogP contribution in [-0.2, 0) is 11.6 Å². The zero-order valence-electron chi connectivity index (χ0n) is 12.9. The summed E-state index contributed by atoms with van der Waals surface area (Å²) in [5.74, 6) is -0.0681. The third-order valence-electron chi connectivity index (χ3n) is 3.28. The normalized spacial score (nSPS) is 12.3. The molecule has 0 saturated heterocycles. The molecule has 1 heterocycles. The number of hydrogen-bond acceptors (Lipinski definition) is 3. The van der Waals surface area contributed by atoms with Gasteiger partial charge in [0.15, 0.2) is 0 Å². The number of rotatable bonds is 2. The summed E-state index contributed by atoms with van der Waals surface area (Å²) >= 11 is 0. The van der Waals surface area contributed by atoms with Gasteiger partial charge in [-0.2, -0.15) is 13.2 Å². The van der Waals surface area contributed by atoms with Crippen molar-refractivity contribution < 1.29 is 13.2 Å². The Bertz CT molecular complexity index is 673. The fraction of sp³-hybridized carbons (Fsp3) is 0.375. The average Bonchev–Trinajstić information content (AvgIpc) is 2.39. The molecule has 22 heavy (non-hydrogen) atoms. The molecule has 3 nitrogen and oxygen atoms in total.